The van der Waals surface area contributed by atoms with Crippen molar-refractivity contribution in [3.8, 4) is 0 Å². The van der Waals surface area contributed by atoms with E-state index in [4.69, 9.17) is 0 Å². The summed E-state index contributed by atoms with van der Waals surface area (Å²) >= 11 is 0. The molecule has 2 nitrogen and oxygen atoms in total. The molecule has 0 N–H and O–H groups in total. The van der Waals surface area contributed by atoms with Gasteiger partial charge in [-0.25, -0.2) is 9.18 Å². The van der Waals surface area contributed by atoms with E-state index in [0.717, 1.165) is 6.47 Å². The molecule has 0 bridgehead atoms. The Morgan fingerprint density at radius 2 is 2.57 bits per heavy atom. The van der Waals surface area contributed by atoms with Crippen molar-refractivity contribution in [3.63, 3.8) is 0 Å². The molecular weight excluding hydrogens is 99.0 g/mol. The lowest BCUT2D eigenvalue weighted by atomic mass is 10.5. The van der Waals surface area contributed by atoms with Crippen LogP contribution in [0.2, 0.25) is 0 Å². The second kappa shape index (κ2) is 3.59. The molecule has 41 valence electrons. The van der Waals surface area contributed by atoms with Crippen LogP contribution in [0, 0.1) is 0 Å². The molecule has 0 spiro atoms. The first-order valence-electron chi connectivity index (χ1n) is 1.98. The highest BCUT2D eigenvalue weighted by Gasteiger charge is 1.98. The lowest BCUT2D eigenvalue weighted by Crippen LogP contribution is -2.01. The summed E-state index contributed by atoms with van der Waals surface area (Å²) in [7, 11) is 0. The van der Waals surface area contributed by atoms with Crippen LogP contribution < -0.4 is 0 Å². The lowest BCUT2D eigenvalue weighted by Gasteiger charge is -1.96. The summed E-state index contributed by atoms with van der Waals surface area (Å²) in [5.74, 6) is 0. The highest BCUT2D eigenvalue weighted by Crippen LogP contribution is 1.94. The molecule has 7 heavy (non-hydrogen) atoms. The average molecular weight is 105 g/mol. The summed E-state index contributed by atoms with van der Waals surface area (Å²) in [6.07, 6.45) is -1.28. The molecule has 0 aromatic heterocycles. The average Bonchev–Trinajstić information content (AvgIpc) is 1.68. The van der Waals surface area contributed by atoms with Crippen LogP contribution in [0.1, 0.15) is 13.3 Å². The largest absolute Gasteiger partial charge is 0.423 e. The van der Waals surface area contributed by atoms with Crippen LogP contribution in [-0.4, -0.2) is 12.8 Å². The predicted octanol–water partition coefficient (Wildman–Crippen LogP) is 0.776. The molecule has 1 atom stereocenters. The van der Waals surface area contributed by atoms with Crippen LogP contribution in [0.4, 0.5) is 4.39 Å². The third-order valence-corrected chi connectivity index (χ3v) is 0.497. The normalized spacial score (nSPS) is 12.9. The van der Waals surface area contributed by atoms with E-state index in [-0.39, 0.29) is 6.42 Å². The third-order valence-electron chi connectivity index (χ3n) is 0.497. The number of hydrogen-bond acceptors (Lipinski definition) is 2. The second-order valence-electron chi connectivity index (χ2n) is 1.02. The maximum atomic E-state index is 11.6. The molecular formula is C4H6FO2. The Bertz CT molecular complexity index is 55.7. The van der Waals surface area contributed by atoms with Crippen LogP contribution in [0.25, 0.3) is 0 Å². The van der Waals surface area contributed by atoms with E-state index in [0.29, 0.717) is 0 Å². The predicted molar refractivity (Wildman–Crippen MR) is 22.0 cm³/mol. The van der Waals surface area contributed by atoms with Crippen LogP contribution in [0.15, 0.2) is 0 Å². The number of alkyl halides is 1. The quantitative estimate of drug-likeness (QED) is 0.530. The van der Waals surface area contributed by atoms with Crippen molar-refractivity contribution in [2.45, 2.75) is 19.7 Å². The number of hydrogen-bond donors (Lipinski definition) is 0. The van der Waals surface area contributed by atoms with E-state index >= 15 is 0 Å². The van der Waals surface area contributed by atoms with Crippen molar-refractivity contribution >= 4 is 6.47 Å². The van der Waals surface area contributed by atoms with E-state index in [2.05, 4.69) is 4.74 Å². The Morgan fingerprint density at radius 3 is 2.71 bits per heavy atom. The molecule has 0 amide bonds. The van der Waals surface area contributed by atoms with E-state index in [9.17, 15) is 9.18 Å². The molecule has 0 aromatic carbocycles. The summed E-state index contributed by atoms with van der Waals surface area (Å²) < 4.78 is 15.4. The zero-order valence-electron chi connectivity index (χ0n) is 3.98. The van der Waals surface area contributed by atoms with Gasteiger partial charge in [-0.2, -0.15) is 0 Å². The monoisotopic (exact) mass is 105 g/mol. The summed E-state index contributed by atoms with van der Waals surface area (Å²) in [5, 5.41) is 0. The third kappa shape index (κ3) is 3.22. The highest BCUT2D eigenvalue weighted by molar-refractivity contribution is 5.38. The molecule has 0 fully saturated rings. The first-order valence-corrected chi connectivity index (χ1v) is 1.98. The molecule has 1 unspecified atom stereocenters. The summed E-state index contributed by atoms with van der Waals surface area (Å²) in [6.45, 7) is 2.56. The van der Waals surface area contributed by atoms with Gasteiger partial charge in [0, 0.05) is 6.42 Å². The van der Waals surface area contributed by atoms with Gasteiger partial charge in [0.15, 0.2) is 0 Å². The van der Waals surface area contributed by atoms with Gasteiger partial charge in [-0.05, 0) is 0 Å². The van der Waals surface area contributed by atoms with Crippen molar-refractivity contribution in [1.29, 1.82) is 0 Å². The first kappa shape index (κ1) is 6.40. The van der Waals surface area contributed by atoms with E-state index in [1.807, 2.05) is 0 Å². The molecule has 3 heteroatoms. The standard InChI is InChI=1S/C4H6FO2/c1-2-4(5)7-3-6/h4H,2H2,1H3. The maximum Gasteiger partial charge on any atom is 0.420 e. The Morgan fingerprint density at radius 1 is 2.00 bits per heavy atom. The zero-order chi connectivity index (χ0) is 5.70. The van der Waals surface area contributed by atoms with Crippen molar-refractivity contribution in [2.75, 3.05) is 0 Å². The first-order chi connectivity index (χ1) is 3.31. The van der Waals surface area contributed by atoms with Gasteiger partial charge in [0.2, 0.25) is 6.36 Å². The molecule has 0 aliphatic carbocycles. The fourth-order valence-corrected chi connectivity index (χ4v) is 0.136. The summed E-state index contributed by atoms with van der Waals surface area (Å²) in [6, 6.07) is 0. The fourth-order valence-electron chi connectivity index (χ4n) is 0.136. The van der Waals surface area contributed by atoms with Gasteiger partial charge in [0.25, 0.3) is 0 Å². The number of halogens is 1. The smallest absolute Gasteiger partial charge is 0.420 e. The molecule has 0 aliphatic rings. The minimum atomic E-state index is -1.47. The topological polar surface area (TPSA) is 26.3 Å². The maximum absolute atomic E-state index is 11.6. The fraction of sp³-hybridized carbons (Fsp3) is 0.750. The Kier molecular flexibility index (Phi) is 3.28. The molecule has 0 heterocycles. The van der Waals surface area contributed by atoms with Crippen molar-refractivity contribution in [1.82, 2.24) is 0 Å². The summed E-state index contributed by atoms with van der Waals surface area (Å²) in [4.78, 5) is 9.19. The number of rotatable bonds is 3. The Balaban J connectivity index is 2.98. The SMILES string of the molecule is CCC(F)O[C]=O. The van der Waals surface area contributed by atoms with E-state index in [1.165, 1.54) is 0 Å². The van der Waals surface area contributed by atoms with Crippen LogP contribution >= 0.6 is 0 Å². The number of carbonyl (C=O) groups excluding carboxylic acids is 1. The van der Waals surface area contributed by atoms with Gasteiger partial charge in [-0.3, -0.25) is 0 Å². The van der Waals surface area contributed by atoms with Gasteiger partial charge in [-0.1, -0.05) is 6.92 Å². The minimum absolute atomic E-state index is 0.190. The summed E-state index contributed by atoms with van der Waals surface area (Å²) in [5.41, 5.74) is 0. The van der Waals surface area contributed by atoms with Crippen molar-refractivity contribution in [3.05, 3.63) is 0 Å². The zero-order valence-corrected chi connectivity index (χ0v) is 3.98. The molecule has 1 radical (unpaired) electrons. The van der Waals surface area contributed by atoms with E-state index < -0.39 is 6.36 Å². The highest BCUT2D eigenvalue weighted by atomic mass is 19.1. The van der Waals surface area contributed by atoms with Crippen molar-refractivity contribution < 1.29 is 13.9 Å². The van der Waals surface area contributed by atoms with E-state index in [1.54, 1.807) is 6.92 Å². The Labute approximate surface area is 41.3 Å². The van der Waals surface area contributed by atoms with Gasteiger partial charge in [0.1, 0.15) is 0 Å². The van der Waals surface area contributed by atoms with Crippen LogP contribution in [-0.2, 0) is 9.53 Å². The van der Waals surface area contributed by atoms with Crippen LogP contribution in [0.3, 0.4) is 0 Å². The molecule has 0 rings (SSSR count). The van der Waals surface area contributed by atoms with Crippen LogP contribution in [0.5, 0.6) is 0 Å². The molecule has 0 aliphatic heterocycles. The molecule has 0 aromatic rings. The van der Waals surface area contributed by atoms with Crippen molar-refractivity contribution in [2.24, 2.45) is 0 Å². The molecule has 0 saturated heterocycles. The lowest BCUT2D eigenvalue weighted by molar-refractivity contribution is 0.0486. The number of ether oxygens (including phenoxy) is 1. The van der Waals surface area contributed by atoms with Gasteiger partial charge in [-0.15, -0.1) is 0 Å². The second-order valence-corrected chi connectivity index (χ2v) is 1.02. The Hall–Kier alpha value is -0.600. The van der Waals surface area contributed by atoms with Gasteiger partial charge in [0.05, 0.1) is 0 Å². The van der Waals surface area contributed by atoms with Gasteiger partial charge >= 0.3 is 6.47 Å². The molecule has 0 saturated carbocycles. The minimum Gasteiger partial charge on any atom is -0.423 e. The van der Waals surface area contributed by atoms with Gasteiger partial charge < -0.3 is 4.74 Å².